The molecule has 8 bridgehead atoms. The minimum Gasteiger partial charge on any atom is -0.453 e. The highest BCUT2D eigenvalue weighted by Crippen LogP contribution is 2.51. The lowest BCUT2D eigenvalue weighted by Gasteiger charge is -2.37. The molecule has 2 saturated heterocycles. The van der Waals surface area contributed by atoms with Crippen molar-refractivity contribution in [2.75, 3.05) is 14.2 Å². The van der Waals surface area contributed by atoms with Crippen molar-refractivity contribution in [2.45, 2.75) is 128 Å². The maximum atomic E-state index is 14.2. The Balaban J connectivity index is 0.856. The van der Waals surface area contributed by atoms with Gasteiger partial charge in [-0.2, -0.15) is 0 Å². The van der Waals surface area contributed by atoms with Crippen LogP contribution in [0.2, 0.25) is 0 Å². The van der Waals surface area contributed by atoms with E-state index in [0.717, 1.165) is 98.4 Å². The Morgan fingerprint density at radius 2 is 1.04 bits per heavy atom. The summed E-state index contributed by atoms with van der Waals surface area (Å²) < 4.78 is 9.74. The number of alkyl carbamates (subject to hydrolysis) is 2. The lowest BCUT2D eigenvalue weighted by Crippen LogP contribution is -2.54. The van der Waals surface area contributed by atoms with Crippen LogP contribution in [0.4, 0.5) is 9.59 Å². The predicted octanol–water partition coefficient (Wildman–Crippen LogP) is 8.88. The van der Waals surface area contributed by atoms with Crippen LogP contribution in [0.1, 0.15) is 112 Å². The van der Waals surface area contributed by atoms with Gasteiger partial charge in [0.15, 0.2) is 0 Å². The zero-order valence-corrected chi connectivity index (χ0v) is 40.0. The van der Waals surface area contributed by atoms with Crippen LogP contribution in [0.3, 0.4) is 0 Å². The fourth-order valence-corrected chi connectivity index (χ4v) is 12.2. The Morgan fingerprint density at radius 1 is 0.588 bits per heavy atom. The molecule has 2 aromatic heterocycles. The monoisotopic (exact) mass is 920 g/mol. The molecule has 68 heavy (non-hydrogen) atoms. The van der Waals surface area contributed by atoms with Crippen LogP contribution in [0, 0.1) is 23.7 Å². The van der Waals surface area contributed by atoms with Gasteiger partial charge >= 0.3 is 12.2 Å². The summed E-state index contributed by atoms with van der Waals surface area (Å²) in [5.41, 5.74) is 11.5. The van der Waals surface area contributed by atoms with Crippen LogP contribution in [-0.2, 0) is 44.7 Å². The SMILES string of the molecule is COC(=O)NC(C(=O)N1C2CCC(C2)C1c1ncc(-c2ccc(-c3cc4ccc3CCc3ccc(c(-c5cnc(C6C7CCC(C7)N6C(=O)C(NC(=O)OC)C(C)C)[nH]5)c3)CC4)cc2)[nH]1)C(C)C. The van der Waals surface area contributed by atoms with E-state index >= 15 is 0 Å². The first-order valence-corrected chi connectivity index (χ1v) is 24.7. The minimum absolute atomic E-state index is 0.0764. The van der Waals surface area contributed by atoms with Gasteiger partial charge in [-0.25, -0.2) is 19.6 Å². The first-order chi connectivity index (χ1) is 32.9. The largest absolute Gasteiger partial charge is 0.453 e. The van der Waals surface area contributed by atoms with Gasteiger partial charge in [0.05, 0.1) is 50.1 Å². The average molecular weight is 921 g/mol. The first-order valence-electron chi connectivity index (χ1n) is 24.7. The van der Waals surface area contributed by atoms with E-state index in [1.807, 2.05) is 49.9 Å². The van der Waals surface area contributed by atoms with E-state index in [-0.39, 0.29) is 47.8 Å². The molecular weight excluding hydrogens is 857 g/mol. The fraction of sp³-hybridized carbons (Fsp3) is 0.481. The van der Waals surface area contributed by atoms with Crippen LogP contribution >= 0.6 is 0 Å². The number of carbonyl (C=O) groups excluding carboxylic acids is 4. The van der Waals surface area contributed by atoms with Gasteiger partial charge in [0, 0.05) is 17.6 Å². The van der Waals surface area contributed by atoms with E-state index in [1.165, 1.54) is 47.6 Å². The molecule has 14 nitrogen and oxygen atoms in total. The van der Waals surface area contributed by atoms with Crippen molar-refractivity contribution in [2.24, 2.45) is 23.7 Å². The zero-order valence-electron chi connectivity index (χ0n) is 40.0. The second-order valence-electron chi connectivity index (χ2n) is 20.5. The first kappa shape index (κ1) is 45.3. The van der Waals surface area contributed by atoms with Gasteiger partial charge in [0.25, 0.3) is 0 Å². The van der Waals surface area contributed by atoms with Crippen LogP contribution < -0.4 is 10.6 Å². The molecule has 4 N–H and O–H groups in total. The Kier molecular flexibility index (Phi) is 12.4. The number of rotatable bonds is 11. The number of piperidine rings is 2. The number of hydrogen-bond donors (Lipinski definition) is 4. The van der Waals surface area contributed by atoms with Crippen molar-refractivity contribution in [1.29, 1.82) is 0 Å². The summed E-state index contributed by atoms with van der Waals surface area (Å²) >= 11 is 0. The Hall–Kier alpha value is -6.44. The smallest absolute Gasteiger partial charge is 0.407 e. The number of H-pyrrole nitrogens is 2. The molecule has 2 aliphatic heterocycles. The Morgan fingerprint density at radius 3 is 1.54 bits per heavy atom. The van der Waals surface area contributed by atoms with Crippen LogP contribution in [-0.4, -0.2) is 92.1 Å². The molecule has 0 radical (unpaired) electrons. The van der Waals surface area contributed by atoms with Crippen molar-refractivity contribution in [3.8, 4) is 33.6 Å². The van der Waals surface area contributed by atoms with E-state index in [0.29, 0.717) is 11.8 Å². The lowest BCUT2D eigenvalue weighted by atomic mass is 9.88. The summed E-state index contributed by atoms with van der Waals surface area (Å²) in [5, 5.41) is 5.58. The van der Waals surface area contributed by atoms with Gasteiger partial charge in [-0.05, 0) is 133 Å². The quantitative estimate of drug-likeness (QED) is 0.102. The summed E-state index contributed by atoms with van der Waals surface area (Å²) in [5.74, 6) is 1.86. The lowest BCUT2D eigenvalue weighted by molar-refractivity contribution is -0.140. The number of imidazole rings is 2. The highest BCUT2D eigenvalue weighted by atomic mass is 16.5. The molecular formula is C54H64N8O6. The van der Waals surface area contributed by atoms with Crippen LogP contribution in [0.5, 0.6) is 0 Å². The van der Waals surface area contributed by atoms with Gasteiger partial charge in [-0.3, -0.25) is 9.59 Å². The predicted molar refractivity (Wildman–Crippen MR) is 258 cm³/mol. The number of methoxy groups -OCH3 is 2. The molecule has 356 valence electrons. The maximum absolute atomic E-state index is 14.2. The number of carbonyl (C=O) groups is 4. The maximum Gasteiger partial charge on any atom is 0.407 e. The molecule has 4 fully saturated rings. The number of benzene rings is 3. The number of amides is 4. The Labute approximate surface area is 398 Å². The van der Waals surface area contributed by atoms with E-state index in [2.05, 4.69) is 81.3 Å². The number of nitrogens with zero attached hydrogens (tertiary/aromatic N) is 4. The van der Waals surface area contributed by atoms with Crippen molar-refractivity contribution >= 4 is 24.0 Å². The third-order valence-corrected chi connectivity index (χ3v) is 15.7. The van der Waals surface area contributed by atoms with Crippen LogP contribution in [0.15, 0.2) is 73.1 Å². The molecule has 2 saturated carbocycles. The number of aryl methyl sites for hydroxylation is 4. The summed E-state index contributed by atoms with van der Waals surface area (Å²) in [6.45, 7) is 7.78. The van der Waals surface area contributed by atoms with Gasteiger partial charge in [0.1, 0.15) is 23.7 Å². The van der Waals surface area contributed by atoms with Crippen molar-refractivity contribution in [1.82, 2.24) is 40.4 Å². The molecule has 4 heterocycles. The van der Waals surface area contributed by atoms with Crippen LogP contribution in [0.25, 0.3) is 33.6 Å². The van der Waals surface area contributed by atoms with E-state index in [4.69, 9.17) is 19.4 Å². The van der Waals surface area contributed by atoms with Crippen molar-refractivity contribution in [3.63, 3.8) is 0 Å². The molecule has 8 unspecified atom stereocenters. The minimum atomic E-state index is -0.682. The number of fused-ring (bicyclic) bond motifs is 4. The fourth-order valence-electron chi connectivity index (χ4n) is 12.2. The molecule has 3 aromatic carbocycles. The summed E-state index contributed by atoms with van der Waals surface area (Å²) in [4.78, 5) is 73.9. The third-order valence-electron chi connectivity index (χ3n) is 15.7. The topological polar surface area (TPSA) is 175 Å². The third kappa shape index (κ3) is 8.44. The number of aromatic nitrogens is 4. The molecule has 8 atom stereocenters. The highest BCUT2D eigenvalue weighted by Gasteiger charge is 2.53. The molecule has 0 spiro atoms. The molecule has 13 rings (SSSR count). The number of nitrogens with one attached hydrogen (secondary N) is 4. The normalized spacial score (nSPS) is 23.5. The van der Waals surface area contributed by atoms with E-state index in [9.17, 15) is 19.2 Å². The highest BCUT2D eigenvalue weighted by molar-refractivity contribution is 5.88. The number of hydrogen-bond acceptors (Lipinski definition) is 8. The van der Waals surface area contributed by atoms with Gasteiger partial charge in [0.2, 0.25) is 11.8 Å². The van der Waals surface area contributed by atoms with Crippen molar-refractivity contribution in [3.05, 3.63) is 107 Å². The average Bonchev–Trinajstić information content (AvgIpc) is 4.22. The van der Waals surface area contributed by atoms with Gasteiger partial charge in [-0.15, -0.1) is 0 Å². The molecule has 6 aliphatic carbocycles. The van der Waals surface area contributed by atoms with Gasteiger partial charge < -0.3 is 39.9 Å². The second-order valence-corrected chi connectivity index (χ2v) is 20.5. The second kappa shape index (κ2) is 18.6. The molecule has 8 aliphatic rings. The summed E-state index contributed by atoms with van der Waals surface area (Å²) in [7, 11) is 2.64. The molecule has 4 amide bonds. The number of likely N-dealkylation sites (tertiary alicyclic amines) is 2. The zero-order chi connectivity index (χ0) is 47.4. The standard InChI is InChI=1S/C54H64N8O6/c1-29(2)45(59-53(65)67-5)51(63)61-39-21-19-37(25-39)47(61)49-55-27-43(57-49)36-17-15-34(16-18-36)41-23-31-7-11-33(41)12-8-32-10-14-35(13-9-31)42(24-32)44-28-56-50(58-44)48-38-20-22-40(26-38)62(48)52(64)46(30(3)4)60-54(66)68-6/h7,10-11,14-18,23-24,27-30,37-40,45-48H,8-9,12-13,19-22,25-26H2,1-6H3,(H,55,57)(H,56,58)(H,59,65)(H,60,66). The summed E-state index contributed by atoms with van der Waals surface area (Å²) in [6.07, 6.45) is 12.0. The number of aromatic amines is 2. The van der Waals surface area contributed by atoms with Crippen molar-refractivity contribution < 1.29 is 28.7 Å². The van der Waals surface area contributed by atoms with E-state index in [1.54, 1.807) is 0 Å². The molecule has 14 heteroatoms. The summed E-state index contributed by atoms with van der Waals surface area (Å²) in [6, 6.07) is 21.1. The van der Waals surface area contributed by atoms with E-state index < -0.39 is 24.3 Å². The number of ether oxygens (including phenoxy) is 2. The van der Waals surface area contributed by atoms with Gasteiger partial charge in [-0.1, -0.05) is 82.3 Å². The Bertz CT molecular complexity index is 2710. The molecule has 5 aromatic rings.